The second kappa shape index (κ2) is 6.87. The van der Waals surface area contributed by atoms with Crippen molar-refractivity contribution in [2.75, 3.05) is 5.75 Å². The Morgan fingerprint density at radius 1 is 1.22 bits per heavy atom. The number of para-hydroxylation sites is 2. The van der Waals surface area contributed by atoms with E-state index < -0.39 is 0 Å². The van der Waals surface area contributed by atoms with Crippen molar-refractivity contribution in [1.29, 1.82) is 0 Å². The van der Waals surface area contributed by atoms with E-state index in [0.717, 1.165) is 16.7 Å². The molecule has 4 nitrogen and oxygen atoms in total. The standard InChI is InChI=1S/C18H18N2O2S/c1-12-7-3-4-8-14(12)13(2)19-17(21)11-23-18-20-15-9-5-6-10-16(15)22-18/h3-10,13H,11H2,1-2H3,(H,19,21). The van der Waals surface area contributed by atoms with Crippen LogP contribution < -0.4 is 5.32 Å². The van der Waals surface area contributed by atoms with E-state index in [9.17, 15) is 4.79 Å². The predicted octanol–water partition coefficient (Wildman–Crippen LogP) is 4.11. The van der Waals surface area contributed by atoms with Gasteiger partial charge < -0.3 is 9.73 Å². The highest BCUT2D eigenvalue weighted by Crippen LogP contribution is 2.23. The van der Waals surface area contributed by atoms with Crippen LogP contribution in [0.1, 0.15) is 24.1 Å². The molecule has 1 unspecified atom stereocenters. The number of amides is 1. The molecule has 5 heteroatoms. The lowest BCUT2D eigenvalue weighted by molar-refractivity contribution is -0.119. The van der Waals surface area contributed by atoms with Crippen molar-refractivity contribution in [1.82, 2.24) is 10.3 Å². The minimum atomic E-state index is -0.0343. The molecule has 0 aliphatic heterocycles. The third-order valence-electron chi connectivity index (χ3n) is 3.63. The summed E-state index contributed by atoms with van der Waals surface area (Å²) in [5.74, 6) is 0.247. The van der Waals surface area contributed by atoms with Crippen LogP contribution in [0, 0.1) is 6.92 Å². The number of benzene rings is 2. The molecule has 118 valence electrons. The van der Waals surface area contributed by atoms with Gasteiger partial charge in [-0.2, -0.15) is 0 Å². The number of aryl methyl sites for hydroxylation is 1. The third-order valence-corrected chi connectivity index (χ3v) is 4.46. The van der Waals surface area contributed by atoms with Crippen molar-refractivity contribution in [2.45, 2.75) is 25.1 Å². The monoisotopic (exact) mass is 326 g/mol. The first-order chi connectivity index (χ1) is 11.1. The van der Waals surface area contributed by atoms with Crippen molar-refractivity contribution in [2.24, 2.45) is 0 Å². The van der Waals surface area contributed by atoms with Gasteiger partial charge in [-0.05, 0) is 37.1 Å². The largest absolute Gasteiger partial charge is 0.431 e. The molecule has 0 aliphatic rings. The summed E-state index contributed by atoms with van der Waals surface area (Å²) in [6.45, 7) is 4.04. The van der Waals surface area contributed by atoms with Gasteiger partial charge in [0, 0.05) is 0 Å². The maximum Gasteiger partial charge on any atom is 0.257 e. The zero-order chi connectivity index (χ0) is 16.2. The van der Waals surface area contributed by atoms with E-state index in [1.165, 1.54) is 17.3 Å². The van der Waals surface area contributed by atoms with Crippen LogP contribution in [-0.4, -0.2) is 16.6 Å². The quantitative estimate of drug-likeness (QED) is 0.717. The fourth-order valence-corrected chi connectivity index (χ4v) is 3.12. The molecule has 1 N–H and O–H groups in total. The molecule has 3 rings (SSSR count). The first-order valence-corrected chi connectivity index (χ1v) is 8.45. The minimum Gasteiger partial charge on any atom is -0.431 e. The number of oxazole rings is 1. The number of carbonyl (C=O) groups excluding carboxylic acids is 1. The van der Waals surface area contributed by atoms with E-state index in [-0.39, 0.29) is 17.7 Å². The molecule has 0 radical (unpaired) electrons. The highest BCUT2D eigenvalue weighted by Gasteiger charge is 2.13. The van der Waals surface area contributed by atoms with Gasteiger partial charge in [0.05, 0.1) is 11.8 Å². The first kappa shape index (κ1) is 15.6. The molecule has 0 aliphatic carbocycles. The van der Waals surface area contributed by atoms with Crippen molar-refractivity contribution < 1.29 is 9.21 Å². The van der Waals surface area contributed by atoms with E-state index >= 15 is 0 Å². The fourth-order valence-electron chi connectivity index (χ4n) is 2.47. The Morgan fingerprint density at radius 3 is 2.74 bits per heavy atom. The van der Waals surface area contributed by atoms with Gasteiger partial charge >= 0.3 is 0 Å². The molecule has 0 saturated heterocycles. The molecule has 2 aromatic carbocycles. The van der Waals surface area contributed by atoms with E-state index in [4.69, 9.17) is 4.42 Å². The van der Waals surface area contributed by atoms with Crippen LogP contribution >= 0.6 is 11.8 Å². The summed E-state index contributed by atoms with van der Waals surface area (Å²) < 4.78 is 5.60. The number of aromatic nitrogens is 1. The Hall–Kier alpha value is -2.27. The van der Waals surface area contributed by atoms with Gasteiger partial charge in [0.1, 0.15) is 5.52 Å². The first-order valence-electron chi connectivity index (χ1n) is 7.47. The van der Waals surface area contributed by atoms with E-state index in [1.807, 2.05) is 62.4 Å². The molecule has 1 heterocycles. The van der Waals surface area contributed by atoms with E-state index in [0.29, 0.717) is 5.22 Å². The van der Waals surface area contributed by atoms with E-state index in [2.05, 4.69) is 10.3 Å². The Bertz CT molecular complexity index is 796. The normalized spacial score (nSPS) is 12.3. The molecule has 0 fully saturated rings. The van der Waals surface area contributed by atoms with Gasteiger partial charge in [-0.15, -0.1) is 0 Å². The molecule has 23 heavy (non-hydrogen) atoms. The fraction of sp³-hybridized carbons (Fsp3) is 0.222. The number of nitrogens with one attached hydrogen (secondary N) is 1. The molecule has 1 aromatic heterocycles. The summed E-state index contributed by atoms with van der Waals surface area (Å²) in [5.41, 5.74) is 3.85. The van der Waals surface area contributed by atoms with Crippen LogP contribution in [0.4, 0.5) is 0 Å². The van der Waals surface area contributed by atoms with E-state index in [1.54, 1.807) is 0 Å². The van der Waals surface area contributed by atoms with Crippen LogP contribution in [0.15, 0.2) is 58.2 Å². The zero-order valence-electron chi connectivity index (χ0n) is 13.1. The predicted molar refractivity (Wildman–Crippen MR) is 92.5 cm³/mol. The number of thioether (sulfide) groups is 1. The van der Waals surface area contributed by atoms with Crippen molar-refractivity contribution >= 4 is 28.8 Å². The number of hydrogen-bond donors (Lipinski definition) is 1. The van der Waals surface area contributed by atoms with Crippen LogP contribution in [0.5, 0.6) is 0 Å². The van der Waals surface area contributed by atoms with Crippen LogP contribution in [0.3, 0.4) is 0 Å². The molecule has 0 saturated carbocycles. The molecule has 1 amide bonds. The van der Waals surface area contributed by atoms with Gasteiger partial charge in [0.2, 0.25) is 5.91 Å². The molecular formula is C18H18N2O2S. The Balaban J connectivity index is 1.58. The number of fused-ring (bicyclic) bond motifs is 1. The summed E-state index contributed by atoms with van der Waals surface area (Å²) in [7, 11) is 0. The summed E-state index contributed by atoms with van der Waals surface area (Å²) in [6, 6.07) is 15.6. The Kier molecular flexibility index (Phi) is 4.67. The van der Waals surface area contributed by atoms with Gasteiger partial charge in [0.15, 0.2) is 5.58 Å². The highest BCUT2D eigenvalue weighted by molar-refractivity contribution is 7.99. The minimum absolute atomic E-state index is 0.0204. The average Bonchev–Trinajstić information content (AvgIpc) is 2.96. The lowest BCUT2D eigenvalue weighted by Gasteiger charge is -2.16. The number of hydrogen-bond acceptors (Lipinski definition) is 4. The molecule has 3 aromatic rings. The van der Waals surface area contributed by atoms with Crippen molar-refractivity contribution in [3.8, 4) is 0 Å². The number of rotatable bonds is 5. The summed E-state index contributed by atoms with van der Waals surface area (Å²) in [6.07, 6.45) is 0. The Labute approximate surface area is 139 Å². The second-order valence-corrected chi connectivity index (χ2v) is 6.31. The summed E-state index contributed by atoms with van der Waals surface area (Å²) in [4.78, 5) is 16.5. The maximum atomic E-state index is 12.1. The smallest absolute Gasteiger partial charge is 0.257 e. The van der Waals surface area contributed by atoms with Crippen molar-refractivity contribution in [3.63, 3.8) is 0 Å². The molecule has 1 atom stereocenters. The number of nitrogens with zero attached hydrogens (tertiary/aromatic N) is 1. The van der Waals surface area contributed by atoms with Crippen LogP contribution in [0.25, 0.3) is 11.1 Å². The van der Waals surface area contributed by atoms with Gasteiger partial charge in [-0.1, -0.05) is 48.2 Å². The molecular weight excluding hydrogens is 308 g/mol. The zero-order valence-corrected chi connectivity index (χ0v) is 13.9. The highest BCUT2D eigenvalue weighted by atomic mass is 32.2. The third kappa shape index (κ3) is 3.74. The van der Waals surface area contributed by atoms with Gasteiger partial charge in [0.25, 0.3) is 5.22 Å². The second-order valence-electron chi connectivity index (χ2n) is 5.38. The topological polar surface area (TPSA) is 55.1 Å². The van der Waals surface area contributed by atoms with Gasteiger partial charge in [-0.3, -0.25) is 4.79 Å². The van der Waals surface area contributed by atoms with Crippen molar-refractivity contribution in [3.05, 3.63) is 59.7 Å². The van der Waals surface area contributed by atoms with Gasteiger partial charge in [-0.25, -0.2) is 4.98 Å². The SMILES string of the molecule is Cc1ccccc1C(C)NC(=O)CSc1nc2ccccc2o1. The van der Waals surface area contributed by atoms with Crippen LogP contribution in [-0.2, 0) is 4.79 Å². The Morgan fingerprint density at radius 2 is 1.96 bits per heavy atom. The average molecular weight is 326 g/mol. The summed E-state index contributed by atoms with van der Waals surface area (Å²) >= 11 is 1.31. The maximum absolute atomic E-state index is 12.1. The van der Waals surface area contributed by atoms with Crippen LogP contribution in [0.2, 0.25) is 0 Å². The summed E-state index contributed by atoms with van der Waals surface area (Å²) in [5, 5.41) is 3.53. The lowest BCUT2D eigenvalue weighted by Crippen LogP contribution is -2.28. The number of carbonyl (C=O) groups is 1. The molecule has 0 spiro atoms. The lowest BCUT2D eigenvalue weighted by atomic mass is 10.0. The molecule has 0 bridgehead atoms.